The Kier molecular flexibility index (Phi) is 5.48. The molecule has 0 saturated carbocycles. The minimum absolute atomic E-state index is 0.0448. The maximum atomic E-state index is 13.7. The second-order valence-electron chi connectivity index (χ2n) is 6.75. The van der Waals surface area contributed by atoms with E-state index in [4.69, 9.17) is 5.73 Å². The highest BCUT2D eigenvalue weighted by molar-refractivity contribution is 7.92. The van der Waals surface area contributed by atoms with Crippen molar-refractivity contribution < 1.29 is 17.6 Å². The van der Waals surface area contributed by atoms with Crippen LogP contribution in [0.4, 0.5) is 10.1 Å². The lowest BCUT2D eigenvalue weighted by atomic mass is 10.1. The van der Waals surface area contributed by atoms with E-state index in [0.29, 0.717) is 18.7 Å². The van der Waals surface area contributed by atoms with Crippen LogP contribution >= 0.6 is 0 Å². The van der Waals surface area contributed by atoms with Crippen LogP contribution in [-0.4, -0.2) is 38.4 Å². The number of nitrogens with one attached hydrogen (secondary N) is 1. The van der Waals surface area contributed by atoms with Crippen LogP contribution in [0.5, 0.6) is 0 Å². The van der Waals surface area contributed by atoms with Crippen molar-refractivity contribution in [2.45, 2.75) is 24.3 Å². The molecule has 1 aliphatic heterocycles. The molecule has 2 aromatic rings. The van der Waals surface area contributed by atoms with Crippen molar-refractivity contribution in [1.82, 2.24) is 4.90 Å². The van der Waals surface area contributed by atoms with Crippen LogP contribution in [0.1, 0.15) is 23.7 Å². The number of benzene rings is 2. The number of halogens is 1. The highest BCUT2D eigenvalue weighted by Crippen LogP contribution is 2.25. The molecule has 2 atom stereocenters. The standard InChI is InChI=1S/C19H22FN3O3S/c1-13-10-14(11-21)12-23(13)19(24)15-6-8-16(9-7-15)27(25,26)22-18-5-3-2-4-17(18)20/h2-9,13-14,22H,10-12,21H2,1H3. The molecule has 3 rings (SSSR count). The zero-order valence-corrected chi connectivity index (χ0v) is 15.7. The first-order valence-electron chi connectivity index (χ1n) is 8.70. The lowest BCUT2D eigenvalue weighted by Crippen LogP contribution is -2.34. The van der Waals surface area contributed by atoms with Gasteiger partial charge in [0.25, 0.3) is 15.9 Å². The van der Waals surface area contributed by atoms with Gasteiger partial charge in [0.2, 0.25) is 0 Å². The Balaban J connectivity index is 1.77. The van der Waals surface area contributed by atoms with Gasteiger partial charge in [-0.3, -0.25) is 9.52 Å². The number of sulfonamides is 1. The van der Waals surface area contributed by atoms with Crippen LogP contribution in [0, 0.1) is 11.7 Å². The largest absolute Gasteiger partial charge is 0.336 e. The molecular formula is C19H22FN3O3S. The molecular weight excluding hydrogens is 369 g/mol. The molecule has 1 aliphatic rings. The van der Waals surface area contributed by atoms with Crippen molar-refractivity contribution in [3.8, 4) is 0 Å². The molecule has 1 amide bonds. The summed E-state index contributed by atoms with van der Waals surface area (Å²) in [5, 5.41) is 0. The Morgan fingerprint density at radius 1 is 1.22 bits per heavy atom. The third-order valence-corrected chi connectivity index (χ3v) is 6.17. The van der Waals surface area contributed by atoms with E-state index in [1.165, 1.54) is 48.5 Å². The van der Waals surface area contributed by atoms with Gasteiger partial charge in [0.05, 0.1) is 10.6 Å². The van der Waals surface area contributed by atoms with Crippen molar-refractivity contribution in [2.75, 3.05) is 17.8 Å². The van der Waals surface area contributed by atoms with Crippen LogP contribution in [0.25, 0.3) is 0 Å². The fourth-order valence-corrected chi connectivity index (χ4v) is 4.35. The quantitative estimate of drug-likeness (QED) is 0.819. The second kappa shape index (κ2) is 7.66. The van der Waals surface area contributed by atoms with Crippen molar-refractivity contribution in [2.24, 2.45) is 11.7 Å². The van der Waals surface area contributed by atoms with Gasteiger partial charge in [-0.15, -0.1) is 0 Å². The number of anilines is 1. The van der Waals surface area contributed by atoms with E-state index in [2.05, 4.69) is 4.72 Å². The summed E-state index contributed by atoms with van der Waals surface area (Å²) in [6, 6.07) is 11.3. The summed E-state index contributed by atoms with van der Waals surface area (Å²) in [6.07, 6.45) is 0.862. The Morgan fingerprint density at radius 2 is 1.89 bits per heavy atom. The van der Waals surface area contributed by atoms with Crippen molar-refractivity contribution in [3.05, 3.63) is 59.9 Å². The molecule has 0 aromatic heterocycles. The summed E-state index contributed by atoms with van der Waals surface area (Å²) >= 11 is 0. The van der Waals surface area contributed by atoms with Crippen molar-refractivity contribution in [1.29, 1.82) is 0 Å². The molecule has 2 aromatic carbocycles. The van der Waals surface area contributed by atoms with Crippen LogP contribution in [0.15, 0.2) is 53.4 Å². The number of nitrogens with two attached hydrogens (primary N) is 1. The monoisotopic (exact) mass is 391 g/mol. The lowest BCUT2D eigenvalue weighted by molar-refractivity contribution is 0.0743. The maximum Gasteiger partial charge on any atom is 0.261 e. The highest BCUT2D eigenvalue weighted by Gasteiger charge is 2.32. The fraction of sp³-hybridized carbons (Fsp3) is 0.316. The van der Waals surface area contributed by atoms with Crippen molar-refractivity contribution >= 4 is 21.6 Å². The van der Waals surface area contributed by atoms with Gasteiger partial charge in [-0.05, 0) is 62.2 Å². The molecule has 0 radical (unpaired) electrons. The third-order valence-electron chi connectivity index (χ3n) is 4.79. The number of amides is 1. The molecule has 27 heavy (non-hydrogen) atoms. The van der Waals surface area contributed by atoms with E-state index in [-0.39, 0.29) is 28.4 Å². The lowest BCUT2D eigenvalue weighted by Gasteiger charge is -2.21. The SMILES string of the molecule is CC1CC(CN)CN1C(=O)c1ccc(S(=O)(=O)Nc2ccccc2F)cc1. The van der Waals surface area contributed by atoms with Crippen LogP contribution < -0.4 is 10.5 Å². The Morgan fingerprint density at radius 3 is 2.48 bits per heavy atom. The first-order valence-corrected chi connectivity index (χ1v) is 10.2. The highest BCUT2D eigenvalue weighted by atomic mass is 32.2. The fourth-order valence-electron chi connectivity index (χ4n) is 3.29. The van der Waals surface area contributed by atoms with E-state index in [1.54, 1.807) is 4.90 Å². The summed E-state index contributed by atoms with van der Waals surface area (Å²) in [5.74, 6) is -0.525. The summed E-state index contributed by atoms with van der Waals surface area (Å²) < 4.78 is 40.8. The molecule has 3 N–H and O–H groups in total. The first kappa shape index (κ1) is 19.3. The van der Waals surface area contributed by atoms with E-state index in [0.717, 1.165) is 6.42 Å². The average Bonchev–Trinajstić information content (AvgIpc) is 3.04. The number of carbonyl (C=O) groups excluding carboxylic acids is 1. The van der Waals surface area contributed by atoms with Gasteiger partial charge in [0.1, 0.15) is 5.82 Å². The predicted octanol–water partition coefficient (Wildman–Crippen LogP) is 2.44. The van der Waals surface area contributed by atoms with E-state index < -0.39 is 15.8 Å². The van der Waals surface area contributed by atoms with Crippen LogP contribution in [0.3, 0.4) is 0 Å². The molecule has 0 aliphatic carbocycles. The van der Waals surface area contributed by atoms with E-state index >= 15 is 0 Å². The Hall–Kier alpha value is -2.45. The molecule has 1 saturated heterocycles. The van der Waals surface area contributed by atoms with Gasteiger partial charge in [0.15, 0.2) is 0 Å². The molecule has 8 heteroatoms. The molecule has 6 nitrogen and oxygen atoms in total. The Bertz CT molecular complexity index is 931. The van der Waals surface area contributed by atoms with Crippen molar-refractivity contribution in [3.63, 3.8) is 0 Å². The first-order chi connectivity index (χ1) is 12.8. The molecule has 2 unspecified atom stereocenters. The molecule has 0 spiro atoms. The summed E-state index contributed by atoms with van der Waals surface area (Å²) in [4.78, 5) is 14.4. The average molecular weight is 391 g/mol. The number of rotatable bonds is 5. The van der Waals surface area contributed by atoms with Gasteiger partial charge in [0, 0.05) is 18.2 Å². The zero-order valence-electron chi connectivity index (χ0n) is 14.9. The van der Waals surface area contributed by atoms with Gasteiger partial charge < -0.3 is 10.6 Å². The van der Waals surface area contributed by atoms with Gasteiger partial charge in [-0.2, -0.15) is 0 Å². The number of likely N-dealkylation sites (tertiary alicyclic amines) is 1. The topological polar surface area (TPSA) is 92.5 Å². The number of carbonyl (C=O) groups is 1. The number of nitrogens with zero attached hydrogens (tertiary/aromatic N) is 1. The molecule has 1 heterocycles. The predicted molar refractivity (Wildman–Crippen MR) is 101 cm³/mol. The summed E-state index contributed by atoms with van der Waals surface area (Å²) in [5.41, 5.74) is 5.98. The molecule has 144 valence electrons. The number of hydrogen-bond acceptors (Lipinski definition) is 4. The maximum absolute atomic E-state index is 13.7. The van der Waals surface area contributed by atoms with E-state index in [9.17, 15) is 17.6 Å². The van der Waals surface area contributed by atoms with Gasteiger partial charge in [-0.25, -0.2) is 12.8 Å². The number of para-hydroxylation sites is 1. The summed E-state index contributed by atoms with van der Waals surface area (Å²) in [7, 11) is -3.95. The minimum Gasteiger partial charge on any atom is -0.336 e. The minimum atomic E-state index is -3.95. The number of hydrogen-bond donors (Lipinski definition) is 2. The normalized spacial score (nSPS) is 19.9. The molecule has 0 bridgehead atoms. The van der Waals surface area contributed by atoms with Crippen LogP contribution in [-0.2, 0) is 10.0 Å². The zero-order chi connectivity index (χ0) is 19.6. The van der Waals surface area contributed by atoms with Gasteiger partial charge >= 0.3 is 0 Å². The summed E-state index contributed by atoms with van der Waals surface area (Å²) in [6.45, 7) is 3.11. The molecule has 1 fully saturated rings. The third kappa shape index (κ3) is 4.12. The Labute approximate surface area is 158 Å². The smallest absolute Gasteiger partial charge is 0.261 e. The van der Waals surface area contributed by atoms with Gasteiger partial charge in [-0.1, -0.05) is 12.1 Å². The van der Waals surface area contributed by atoms with Crippen LogP contribution in [0.2, 0.25) is 0 Å². The second-order valence-corrected chi connectivity index (χ2v) is 8.44. The van der Waals surface area contributed by atoms with E-state index in [1.807, 2.05) is 6.92 Å².